The Kier molecular flexibility index (Phi) is 1.81. The number of carbonyl (C=O) groups excluding carboxylic acids is 1. The molecule has 57 valence electrons. The number of phenols is 2. The predicted molar refractivity (Wildman–Crippen MR) is 39.5 cm³/mol. The fourth-order valence-electron chi connectivity index (χ4n) is 0.697. The van der Waals surface area contributed by atoms with E-state index in [0.29, 0.717) is 0 Å². The lowest BCUT2D eigenvalue weighted by Gasteiger charge is -1.98. The molecule has 0 bridgehead atoms. The average molecular weight is 151 g/mol. The maximum atomic E-state index is 10.6. The Balaban J connectivity index is 3.15. The highest BCUT2D eigenvalue weighted by atomic mass is 16.3. The zero-order valence-corrected chi connectivity index (χ0v) is 5.74. The van der Waals surface area contributed by atoms with Crippen molar-refractivity contribution in [2.45, 2.75) is 0 Å². The van der Waals surface area contributed by atoms with Crippen molar-refractivity contribution in [3.63, 3.8) is 0 Å². The van der Waals surface area contributed by atoms with Gasteiger partial charge in [0.25, 0.3) is 0 Å². The largest absolute Gasteiger partial charge is 0.504 e. The van der Waals surface area contributed by atoms with Gasteiger partial charge >= 0.3 is 0 Å². The maximum Gasteiger partial charge on any atom is 0.163 e. The van der Waals surface area contributed by atoms with Crippen LogP contribution in [0, 0.1) is 6.92 Å². The molecule has 1 aromatic carbocycles. The summed E-state index contributed by atoms with van der Waals surface area (Å²) in [6.07, 6.45) is 0. The van der Waals surface area contributed by atoms with Crippen LogP contribution in [0.1, 0.15) is 10.4 Å². The third-order valence-electron chi connectivity index (χ3n) is 1.30. The van der Waals surface area contributed by atoms with Crippen LogP contribution in [0.5, 0.6) is 11.5 Å². The average Bonchev–Trinajstić information content (AvgIpc) is 1.94. The van der Waals surface area contributed by atoms with Crippen molar-refractivity contribution >= 4 is 5.78 Å². The molecule has 0 atom stereocenters. The van der Waals surface area contributed by atoms with Crippen LogP contribution in [0.25, 0.3) is 0 Å². The molecule has 0 heterocycles. The molecule has 0 aromatic heterocycles. The molecule has 0 saturated heterocycles. The van der Waals surface area contributed by atoms with Gasteiger partial charge in [0.1, 0.15) is 0 Å². The van der Waals surface area contributed by atoms with Gasteiger partial charge in [-0.1, -0.05) is 0 Å². The van der Waals surface area contributed by atoms with Gasteiger partial charge in [0.05, 0.1) is 0 Å². The van der Waals surface area contributed by atoms with E-state index < -0.39 is 0 Å². The summed E-state index contributed by atoms with van der Waals surface area (Å²) < 4.78 is 0. The summed E-state index contributed by atoms with van der Waals surface area (Å²) >= 11 is 0. The Bertz CT molecular complexity index is 291. The van der Waals surface area contributed by atoms with Crippen LogP contribution < -0.4 is 0 Å². The number of hydrogen-bond donors (Lipinski definition) is 2. The lowest BCUT2D eigenvalue weighted by molar-refractivity contribution is 0.104. The molecule has 0 aliphatic heterocycles. The minimum absolute atomic E-state index is 0.241. The first kappa shape index (κ1) is 7.60. The molecular formula is C8H7O3. The standard InChI is InChI=1S/C8H7O3/c1-5(9)6-2-3-7(10)8(11)4-6/h2-4,10-11H,1H2. The molecule has 1 radical (unpaired) electrons. The smallest absolute Gasteiger partial charge is 0.163 e. The molecular weight excluding hydrogens is 144 g/mol. The van der Waals surface area contributed by atoms with Crippen molar-refractivity contribution in [3.05, 3.63) is 30.7 Å². The number of hydrogen-bond acceptors (Lipinski definition) is 3. The van der Waals surface area contributed by atoms with Crippen molar-refractivity contribution < 1.29 is 15.0 Å². The van der Waals surface area contributed by atoms with Crippen molar-refractivity contribution in [3.8, 4) is 11.5 Å². The van der Waals surface area contributed by atoms with E-state index >= 15 is 0 Å². The summed E-state index contributed by atoms with van der Waals surface area (Å²) in [7, 11) is 0. The SMILES string of the molecule is [CH2]C(=O)c1ccc(O)c(O)c1. The molecule has 3 nitrogen and oxygen atoms in total. The summed E-state index contributed by atoms with van der Waals surface area (Å²) in [5, 5.41) is 17.8. The number of Topliss-reactive ketones (excluding diaryl/α,β-unsaturated/α-hetero) is 1. The van der Waals surface area contributed by atoms with Crippen LogP contribution in [-0.4, -0.2) is 16.0 Å². The summed E-state index contributed by atoms with van der Waals surface area (Å²) in [5.41, 5.74) is 0.278. The highest BCUT2D eigenvalue weighted by Crippen LogP contribution is 2.24. The van der Waals surface area contributed by atoms with Crippen LogP contribution in [0.3, 0.4) is 0 Å². The fraction of sp³-hybridized carbons (Fsp3) is 0. The van der Waals surface area contributed by atoms with Crippen LogP contribution in [-0.2, 0) is 0 Å². The van der Waals surface area contributed by atoms with Gasteiger partial charge in [0.15, 0.2) is 17.3 Å². The summed E-state index contributed by atoms with van der Waals surface area (Å²) in [6.45, 7) is 3.15. The Morgan fingerprint density at radius 1 is 1.27 bits per heavy atom. The fourth-order valence-corrected chi connectivity index (χ4v) is 0.697. The minimum atomic E-state index is -0.389. The van der Waals surface area contributed by atoms with Crippen LogP contribution >= 0.6 is 0 Å². The van der Waals surface area contributed by atoms with E-state index in [9.17, 15) is 4.79 Å². The van der Waals surface area contributed by atoms with Crippen molar-refractivity contribution in [1.29, 1.82) is 0 Å². The van der Waals surface area contributed by atoms with Gasteiger partial charge in [-0.05, 0) is 18.2 Å². The third-order valence-corrected chi connectivity index (χ3v) is 1.30. The second kappa shape index (κ2) is 2.62. The van der Waals surface area contributed by atoms with Gasteiger partial charge in [0.2, 0.25) is 0 Å². The molecule has 1 aromatic rings. The Morgan fingerprint density at radius 2 is 1.91 bits per heavy atom. The van der Waals surface area contributed by atoms with Crippen LogP contribution in [0.4, 0.5) is 0 Å². The van der Waals surface area contributed by atoms with E-state index in [1.54, 1.807) is 0 Å². The second-order valence-corrected chi connectivity index (χ2v) is 2.13. The number of aromatic hydroxyl groups is 2. The molecule has 0 unspecified atom stereocenters. The Morgan fingerprint density at radius 3 is 2.36 bits per heavy atom. The van der Waals surface area contributed by atoms with Crippen molar-refractivity contribution in [2.75, 3.05) is 0 Å². The van der Waals surface area contributed by atoms with E-state index in [2.05, 4.69) is 6.92 Å². The number of benzene rings is 1. The van der Waals surface area contributed by atoms with Gasteiger partial charge in [-0.2, -0.15) is 0 Å². The second-order valence-electron chi connectivity index (χ2n) is 2.13. The van der Waals surface area contributed by atoms with Crippen LogP contribution in [0.15, 0.2) is 18.2 Å². The molecule has 11 heavy (non-hydrogen) atoms. The zero-order chi connectivity index (χ0) is 8.43. The molecule has 2 N–H and O–H groups in total. The van der Waals surface area contributed by atoms with Gasteiger partial charge in [-0.25, -0.2) is 0 Å². The quantitative estimate of drug-likeness (QED) is 0.467. The first-order chi connectivity index (χ1) is 5.11. The van der Waals surface area contributed by atoms with Crippen molar-refractivity contribution in [2.24, 2.45) is 0 Å². The first-order valence-electron chi connectivity index (χ1n) is 2.99. The molecule has 1 rings (SSSR count). The lowest BCUT2D eigenvalue weighted by Crippen LogP contribution is -1.90. The molecule has 0 aliphatic carbocycles. The molecule has 0 spiro atoms. The third kappa shape index (κ3) is 1.49. The summed E-state index contributed by atoms with van der Waals surface area (Å²) in [5.74, 6) is -0.935. The monoisotopic (exact) mass is 151 g/mol. The van der Waals surface area contributed by atoms with E-state index in [4.69, 9.17) is 10.2 Å². The highest BCUT2D eigenvalue weighted by Gasteiger charge is 2.03. The Labute approximate surface area is 63.9 Å². The molecule has 0 amide bonds. The van der Waals surface area contributed by atoms with E-state index in [1.165, 1.54) is 18.2 Å². The Hall–Kier alpha value is -1.51. The number of ketones is 1. The first-order valence-corrected chi connectivity index (χ1v) is 2.99. The van der Waals surface area contributed by atoms with Crippen molar-refractivity contribution in [1.82, 2.24) is 0 Å². The highest BCUT2D eigenvalue weighted by molar-refractivity contribution is 5.99. The zero-order valence-electron chi connectivity index (χ0n) is 5.74. The number of carbonyl (C=O) groups is 1. The summed E-state index contributed by atoms with van der Waals surface area (Å²) in [4.78, 5) is 10.6. The maximum absolute atomic E-state index is 10.6. The topological polar surface area (TPSA) is 57.5 Å². The lowest BCUT2D eigenvalue weighted by atomic mass is 10.1. The van der Waals surface area contributed by atoms with Gasteiger partial charge in [-0.15, -0.1) is 0 Å². The van der Waals surface area contributed by atoms with Gasteiger partial charge < -0.3 is 10.2 Å². The van der Waals surface area contributed by atoms with Gasteiger partial charge in [0, 0.05) is 12.5 Å². The molecule has 0 fully saturated rings. The number of phenolic OH excluding ortho intramolecular Hbond substituents is 2. The molecule has 0 saturated carbocycles. The van der Waals surface area contributed by atoms with E-state index in [1.807, 2.05) is 0 Å². The number of rotatable bonds is 1. The minimum Gasteiger partial charge on any atom is -0.504 e. The molecule has 0 aliphatic rings. The predicted octanol–water partition coefficient (Wildman–Crippen LogP) is 1.11. The normalized spacial score (nSPS) is 9.55. The van der Waals surface area contributed by atoms with Gasteiger partial charge in [-0.3, -0.25) is 4.79 Å². The van der Waals surface area contributed by atoms with E-state index in [-0.39, 0.29) is 22.8 Å². The molecule has 3 heteroatoms. The van der Waals surface area contributed by atoms with Crippen LogP contribution in [0.2, 0.25) is 0 Å². The summed E-state index contributed by atoms with van der Waals surface area (Å²) in [6, 6.07) is 3.81. The van der Waals surface area contributed by atoms with E-state index in [0.717, 1.165) is 0 Å².